The van der Waals surface area contributed by atoms with E-state index in [4.69, 9.17) is 0 Å². The van der Waals surface area contributed by atoms with Crippen LogP contribution in [0.1, 0.15) is 118 Å². The van der Waals surface area contributed by atoms with E-state index in [1.54, 1.807) is 0 Å². The van der Waals surface area contributed by atoms with Gasteiger partial charge in [-0.15, -0.1) is 0 Å². The molecule has 2 nitrogen and oxygen atoms in total. The number of rotatable bonds is 7. The van der Waals surface area contributed by atoms with Crippen molar-refractivity contribution >= 4 is 0 Å². The SMILES string of the molecule is CCCC(C)C(O)CCCC1CCC2C3CCC4CC(O)CCC4(C)C3CCC12C. The molecule has 10 unspecified atom stereocenters. The molecule has 0 aromatic rings. The van der Waals surface area contributed by atoms with Gasteiger partial charge in [-0.05, 0) is 123 Å². The predicted octanol–water partition coefficient (Wildman–Crippen LogP) is 6.97. The third kappa shape index (κ3) is 4.02. The molecular formula is C28H50O2. The topological polar surface area (TPSA) is 40.5 Å². The fourth-order valence-corrected chi connectivity index (χ4v) is 9.32. The third-order valence-electron chi connectivity index (χ3n) is 11.3. The zero-order valence-electron chi connectivity index (χ0n) is 20.4. The van der Waals surface area contributed by atoms with Crippen LogP contribution in [0.2, 0.25) is 0 Å². The second-order valence-electron chi connectivity index (χ2n) is 12.7. The van der Waals surface area contributed by atoms with Crippen molar-refractivity contribution in [2.24, 2.45) is 46.3 Å². The monoisotopic (exact) mass is 418 g/mol. The maximum Gasteiger partial charge on any atom is 0.0565 e. The average molecular weight is 419 g/mol. The van der Waals surface area contributed by atoms with Gasteiger partial charge < -0.3 is 10.2 Å². The van der Waals surface area contributed by atoms with Gasteiger partial charge in [-0.2, -0.15) is 0 Å². The number of hydrogen-bond donors (Lipinski definition) is 2. The molecule has 0 spiro atoms. The van der Waals surface area contributed by atoms with Gasteiger partial charge >= 0.3 is 0 Å². The molecule has 0 radical (unpaired) electrons. The Morgan fingerprint density at radius 2 is 1.63 bits per heavy atom. The van der Waals surface area contributed by atoms with E-state index >= 15 is 0 Å². The quantitative estimate of drug-likeness (QED) is 0.468. The fraction of sp³-hybridized carbons (Fsp3) is 1.00. The molecule has 0 heterocycles. The summed E-state index contributed by atoms with van der Waals surface area (Å²) in [6.45, 7) is 9.71. The molecule has 4 aliphatic rings. The Hall–Kier alpha value is -0.0800. The highest BCUT2D eigenvalue weighted by Gasteiger charge is 2.59. The normalized spacial score (nSPS) is 47.8. The smallest absolute Gasteiger partial charge is 0.0565 e. The van der Waals surface area contributed by atoms with E-state index in [-0.39, 0.29) is 12.2 Å². The lowest BCUT2D eigenvalue weighted by atomic mass is 9.44. The van der Waals surface area contributed by atoms with E-state index in [9.17, 15) is 10.2 Å². The van der Waals surface area contributed by atoms with Crippen LogP contribution in [0, 0.1) is 46.3 Å². The maximum absolute atomic E-state index is 10.5. The van der Waals surface area contributed by atoms with E-state index in [1.807, 2.05) is 0 Å². The van der Waals surface area contributed by atoms with Crippen LogP contribution in [0.3, 0.4) is 0 Å². The Labute approximate surface area is 186 Å². The summed E-state index contributed by atoms with van der Waals surface area (Å²) in [5.74, 6) is 4.92. The maximum atomic E-state index is 10.5. The minimum Gasteiger partial charge on any atom is -0.393 e. The fourth-order valence-electron chi connectivity index (χ4n) is 9.32. The molecular weight excluding hydrogens is 368 g/mol. The molecule has 2 N–H and O–H groups in total. The first-order valence-corrected chi connectivity index (χ1v) is 13.7. The first-order chi connectivity index (χ1) is 14.3. The molecule has 0 aromatic carbocycles. The Bertz CT molecular complexity index is 575. The van der Waals surface area contributed by atoms with Gasteiger partial charge in [0.2, 0.25) is 0 Å². The van der Waals surface area contributed by atoms with E-state index < -0.39 is 0 Å². The van der Waals surface area contributed by atoms with Crippen molar-refractivity contribution in [2.75, 3.05) is 0 Å². The van der Waals surface area contributed by atoms with Crippen LogP contribution in [0.4, 0.5) is 0 Å². The summed E-state index contributed by atoms with van der Waals surface area (Å²) in [4.78, 5) is 0. The number of aliphatic hydroxyl groups excluding tert-OH is 2. The van der Waals surface area contributed by atoms with Gasteiger partial charge in [0.1, 0.15) is 0 Å². The third-order valence-corrected chi connectivity index (χ3v) is 11.3. The van der Waals surface area contributed by atoms with Crippen LogP contribution < -0.4 is 0 Å². The Morgan fingerprint density at radius 3 is 2.40 bits per heavy atom. The molecule has 174 valence electrons. The van der Waals surface area contributed by atoms with E-state index in [2.05, 4.69) is 27.7 Å². The minimum absolute atomic E-state index is 0.0280. The summed E-state index contributed by atoms with van der Waals surface area (Å²) in [6.07, 6.45) is 17.7. The molecule has 0 saturated heterocycles. The second kappa shape index (κ2) is 9.05. The Balaban J connectivity index is 1.37. The summed E-state index contributed by atoms with van der Waals surface area (Å²) < 4.78 is 0. The molecule has 4 aliphatic carbocycles. The largest absolute Gasteiger partial charge is 0.393 e. The van der Waals surface area contributed by atoms with Gasteiger partial charge in [-0.1, -0.05) is 40.5 Å². The predicted molar refractivity (Wildman–Crippen MR) is 125 cm³/mol. The summed E-state index contributed by atoms with van der Waals surface area (Å²) in [6, 6.07) is 0. The molecule has 10 atom stereocenters. The van der Waals surface area contributed by atoms with Crippen molar-refractivity contribution in [2.45, 2.75) is 130 Å². The van der Waals surface area contributed by atoms with Crippen molar-refractivity contribution in [3.63, 3.8) is 0 Å². The molecule has 0 aromatic heterocycles. The molecule has 4 fully saturated rings. The lowest BCUT2D eigenvalue weighted by Crippen LogP contribution is -2.53. The van der Waals surface area contributed by atoms with Crippen LogP contribution in [-0.2, 0) is 0 Å². The first-order valence-electron chi connectivity index (χ1n) is 13.7. The molecule has 0 amide bonds. The molecule has 30 heavy (non-hydrogen) atoms. The second-order valence-corrected chi connectivity index (χ2v) is 12.7. The van der Waals surface area contributed by atoms with Gasteiger partial charge in [-0.3, -0.25) is 0 Å². The molecule has 0 bridgehead atoms. The van der Waals surface area contributed by atoms with Crippen molar-refractivity contribution in [1.82, 2.24) is 0 Å². The van der Waals surface area contributed by atoms with Crippen molar-refractivity contribution in [3.05, 3.63) is 0 Å². The standard InChI is InChI=1S/C28H50O2/c1-5-7-19(2)26(30)9-6-8-20-11-13-24-23-12-10-21-18-22(29)14-16-28(21,4)25(23)15-17-27(20,24)3/h19-26,29-30H,5-18H2,1-4H3. The van der Waals surface area contributed by atoms with Gasteiger partial charge in [-0.25, -0.2) is 0 Å². The van der Waals surface area contributed by atoms with Crippen LogP contribution in [-0.4, -0.2) is 22.4 Å². The average Bonchev–Trinajstić information content (AvgIpc) is 3.05. The van der Waals surface area contributed by atoms with E-state index in [0.29, 0.717) is 16.7 Å². The zero-order chi connectivity index (χ0) is 21.5. The van der Waals surface area contributed by atoms with Crippen molar-refractivity contribution in [3.8, 4) is 0 Å². The van der Waals surface area contributed by atoms with Crippen molar-refractivity contribution in [1.29, 1.82) is 0 Å². The van der Waals surface area contributed by atoms with Crippen LogP contribution in [0.15, 0.2) is 0 Å². The number of aliphatic hydroxyl groups is 2. The van der Waals surface area contributed by atoms with Gasteiger partial charge in [0.05, 0.1) is 12.2 Å². The van der Waals surface area contributed by atoms with E-state index in [0.717, 1.165) is 55.3 Å². The van der Waals surface area contributed by atoms with Crippen LogP contribution in [0.25, 0.3) is 0 Å². The highest BCUT2D eigenvalue weighted by Crippen LogP contribution is 2.67. The summed E-state index contributed by atoms with van der Waals surface area (Å²) in [7, 11) is 0. The van der Waals surface area contributed by atoms with Gasteiger partial charge in [0, 0.05) is 0 Å². The molecule has 2 heteroatoms. The summed E-state index contributed by atoms with van der Waals surface area (Å²) in [5.41, 5.74) is 1.06. The van der Waals surface area contributed by atoms with Crippen molar-refractivity contribution < 1.29 is 10.2 Å². The molecule has 0 aliphatic heterocycles. The van der Waals surface area contributed by atoms with Crippen LogP contribution >= 0.6 is 0 Å². The summed E-state index contributed by atoms with van der Waals surface area (Å²) >= 11 is 0. The Kier molecular flexibility index (Phi) is 6.96. The highest BCUT2D eigenvalue weighted by molar-refractivity contribution is 5.09. The van der Waals surface area contributed by atoms with Gasteiger partial charge in [0.25, 0.3) is 0 Å². The highest BCUT2D eigenvalue weighted by atomic mass is 16.3. The number of fused-ring (bicyclic) bond motifs is 5. The van der Waals surface area contributed by atoms with Gasteiger partial charge in [0.15, 0.2) is 0 Å². The molecule has 4 rings (SSSR count). The first kappa shape index (κ1) is 23.1. The lowest BCUT2D eigenvalue weighted by molar-refractivity contribution is -0.127. The van der Waals surface area contributed by atoms with E-state index in [1.165, 1.54) is 64.2 Å². The zero-order valence-corrected chi connectivity index (χ0v) is 20.4. The summed E-state index contributed by atoms with van der Waals surface area (Å²) in [5, 5.41) is 20.8. The van der Waals surface area contributed by atoms with Crippen LogP contribution in [0.5, 0.6) is 0 Å². The lowest BCUT2D eigenvalue weighted by Gasteiger charge is -2.61. The minimum atomic E-state index is -0.0948. The molecule has 4 saturated carbocycles. The number of hydrogen-bond acceptors (Lipinski definition) is 2. The Morgan fingerprint density at radius 1 is 0.900 bits per heavy atom.